The highest BCUT2D eigenvalue weighted by atomic mass is 35.5. The Kier molecular flexibility index (Phi) is 8.04. The van der Waals surface area contributed by atoms with Crippen molar-refractivity contribution in [2.75, 3.05) is 19.5 Å². The summed E-state index contributed by atoms with van der Waals surface area (Å²) in [7, 11) is -1.22. The van der Waals surface area contributed by atoms with Crippen LogP contribution in [0.2, 0.25) is 5.02 Å². The van der Waals surface area contributed by atoms with Crippen molar-refractivity contribution in [3.63, 3.8) is 0 Å². The van der Waals surface area contributed by atoms with Gasteiger partial charge in [-0.2, -0.15) is 0 Å². The zero-order chi connectivity index (χ0) is 27.3. The molecule has 0 atom stereocenters. The van der Waals surface area contributed by atoms with Crippen LogP contribution >= 0.6 is 11.6 Å². The summed E-state index contributed by atoms with van der Waals surface area (Å²) in [6.45, 7) is 0.0352. The molecule has 0 saturated heterocycles. The summed E-state index contributed by atoms with van der Waals surface area (Å²) >= 11 is 5.88. The van der Waals surface area contributed by atoms with Gasteiger partial charge in [-0.3, -0.25) is 4.79 Å². The number of amides is 1. The molecule has 4 rings (SSSR count). The van der Waals surface area contributed by atoms with Crippen LogP contribution in [0.5, 0.6) is 11.5 Å². The van der Waals surface area contributed by atoms with Crippen molar-refractivity contribution >= 4 is 39.0 Å². The number of methoxy groups -OCH3 is 2. The topological polar surface area (TPSA) is 121 Å². The van der Waals surface area contributed by atoms with Crippen molar-refractivity contribution in [2.45, 2.75) is 16.4 Å². The third kappa shape index (κ3) is 6.16. The summed E-state index contributed by atoms with van der Waals surface area (Å²) in [4.78, 5) is 24.3. The van der Waals surface area contributed by atoms with E-state index in [9.17, 15) is 18.0 Å². The fraction of sp³-hybridized carbons (Fsp3) is 0.111. The van der Waals surface area contributed by atoms with Crippen molar-refractivity contribution in [1.82, 2.24) is 0 Å². The van der Waals surface area contributed by atoms with E-state index >= 15 is 0 Å². The van der Waals surface area contributed by atoms with Crippen molar-refractivity contribution < 1.29 is 36.6 Å². The second-order valence-corrected chi connectivity index (χ2v) is 10.3. The first-order valence-electron chi connectivity index (χ1n) is 11.1. The average molecular weight is 556 g/mol. The number of halogens is 1. The van der Waals surface area contributed by atoms with Gasteiger partial charge in [0.1, 0.15) is 23.9 Å². The highest BCUT2D eigenvalue weighted by Gasteiger charge is 2.21. The number of sulfone groups is 1. The first-order chi connectivity index (χ1) is 18.2. The zero-order valence-corrected chi connectivity index (χ0v) is 21.8. The standard InChI is InChI=1S/C27H22ClNO8S/c1-34-22-13-19(14-24(15-22)38(32,33)23-10-5-18(28)6-11-23)29-26(30)25-12-9-21(37-25)16-36-20-7-3-17(4-8-20)27(31)35-2/h3-15H,16H2,1-2H3,(H,29,30). The number of esters is 1. The summed E-state index contributed by atoms with van der Waals surface area (Å²) in [5.41, 5.74) is 0.584. The summed E-state index contributed by atoms with van der Waals surface area (Å²) in [6, 6.07) is 19.3. The van der Waals surface area contributed by atoms with E-state index in [4.69, 9.17) is 25.5 Å². The lowest BCUT2D eigenvalue weighted by molar-refractivity contribution is 0.0600. The maximum atomic E-state index is 13.1. The Morgan fingerprint density at radius 2 is 1.58 bits per heavy atom. The first-order valence-corrected chi connectivity index (χ1v) is 13.0. The molecule has 0 saturated carbocycles. The highest BCUT2D eigenvalue weighted by Crippen LogP contribution is 2.29. The first kappa shape index (κ1) is 26.8. The van der Waals surface area contributed by atoms with Crippen LogP contribution in [0.3, 0.4) is 0 Å². The Morgan fingerprint density at radius 3 is 2.24 bits per heavy atom. The lowest BCUT2D eigenvalue weighted by Gasteiger charge is -2.11. The molecule has 0 bridgehead atoms. The molecule has 0 spiro atoms. The summed E-state index contributed by atoms with van der Waals surface area (Å²) < 4.78 is 47.3. The van der Waals surface area contributed by atoms with E-state index < -0.39 is 21.7 Å². The van der Waals surface area contributed by atoms with Crippen LogP contribution in [-0.4, -0.2) is 34.5 Å². The number of ether oxygens (including phenoxy) is 3. The summed E-state index contributed by atoms with van der Waals surface area (Å²) in [6.07, 6.45) is 0. The average Bonchev–Trinajstić information content (AvgIpc) is 3.41. The zero-order valence-electron chi connectivity index (χ0n) is 20.3. The number of anilines is 1. The Morgan fingerprint density at radius 1 is 0.868 bits per heavy atom. The molecule has 11 heteroatoms. The van der Waals surface area contributed by atoms with E-state index in [0.717, 1.165) is 0 Å². The molecule has 1 amide bonds. The molecule has 0 radical (unpaired) electrons. The van der Waals surface area contributed by atoms with Gasteiger partial charge in [0, 0.05) is 16.8 Å². The smallest absolute Gasteiger partial charge is 0.337 e. The molecule has 1 aromatic heterocycles. The van der Waals surface area contributed by atoms with Gasteiger partial charge >= 0.3 is 5.97 Å². The Hall–Kier alpha value is -4.28. The van der Waals surface area contributed by atoms with Gasteiger partial charge < -0.3 is 23.9 Å². The number of carbonyl (C=O) groups is 2. The number of carbonyl (C=O) groups excluding carboxylic acids is 2. The van der Waals surface area contributed by atoms with Crippen molar-refractivity contribution in [1.29, 1.82) is 0 Å². The molecular weight excluding hydrogens is 534 g/mol. The van der Waals surface area contributed by atoms with Crippen molar-refractivity contribution in [3.8, 4) is 11.5 Å². The van der Waals surface area contributed by atoms with Crippen LogP contribution in [0.4, 0.5) is 5.69 Å². The Labute approximate surface area is 223 Å². The Bertz CT molecular complexity index is 1560. The number of furan rings is 1. The fourth-order valence-corrected chi connectivity index (χ4v) is 4.84. The molecule has 4 aromatic rings. The summed E-state index contributed by atoms with van der Waals surface area (Å²) in [5.74, 6) is 0.0529. The van der Waals surface area contributed by atoms with Gasteiger partial charge in [0.05, 0.1) is 29.6 Å². The molecule has 196 valence electrons. The lowest BCUT2D eigenvalue weighted by Crippen LogP contribution is -2.12. The number of benzene rings is 3. The second-order valence-electron chi connectivity index (χ2n) is 7.88. The molecule has 1 heterocycles. The lowest BCUT2D eigenvalue weighted by atomic mass is 10.2. The molecule has 0 aliphatic rings. The van der Waals surface area contributed by atoms with E-state index in [1.807, 2.05) is 0 Å². The Balaban J connectivity index is 1.46. The van der Waals surface area contributed by atoms with Gasteiger partial charge in [-0.1, -0.05) is 11.6 Å². The van der Waals surface area contributed by atoms with E-state index in [1.54, 1.807) is 30.3 Å². The van der Waals surface area contributed by atoms with E-state index in [2.05, 4.69) is 10.1 Å². The monoisotopic (exact) mass is 555 g/mol. The van der Waals surface area contributed by atoms with Gasteiger partial charge in [0.2, 0.25) is 9.84 Å². The van der Waals surface area contributed by atoms with Gasteiger partial charge in [0.25, 0.3) is 5.91 Å². The van der Waals surface area contributed by atoms with Gasteiger partial charge in [0.15, 0.2) is 5.76 Å². The van der Waals surface area contributed by atoms with Crippen LogP contribution in [0, 0.1) is 0 Å². The van der Waals surface area contributed by atoms with Crippen LogP contribution in [0.1, 0.15) is 26.7 Å². The van der Waals surface area contributed by atoms with Gasteiger partial charge in [-0.05, 0) is 72.8 Å². The molecule has 1 N–H and O–H groups in total. The van der Waals surface area contributed by atoms with Crippen molar-refractivity contribution in [3.05, 3.63) is 101 Å². The predicted octanol–water partition coefficient (Wildman–Crippen LogP) is 5.39. The molecule has 0 fully saturated rings. The molecule has 3 aromatic carbocycles. The maximum absolute atomic E-state index is 13.1. The van der Waals surface area contributed by atoms with Crippen LogP contribution in [-0.2, 0) is 21.2 Å². The number of hydrogen-bond donors (Lipinski definition) is 1. The predicted molar refractivity (Wildman–Crippen MR) is 139 cm³/mol. The van der Waals surface area contributed by atoms with Crippen LogP contribution < -0.4 is 14.8 Å². The number of rotatable bonds is 9. The molecule has 38 heavy (non-hydrogen) atoms. The number of nitrogens with one attached hydrogen (secondary N) is 1. The third-order valence-electron chi connectivity index (χ3n) is 5.35. The quantitative estimate of drug-likeness (QED) is 0.273. The molecule has 0 aliphatic carbocycles. The molecule has 0 aliphatic heterocycles. The van der Waals surface area contributed by atoms with Gasteiger partial charge in [-0.15, -0.1) is 0 Å². The minimum atomic E-state index is -3.91. The molecular formula is C27H22ClNO8S. The fourth-order valence-electron chi connectivity index (χ4n) is 3.40. The van der Waals surface area contributed by atoms with Gasteiger partial charge in [-0.25, -0.2) is 13.2 Å². The summed E-state index contributed by atoms with van der Waals surface area (Å²) in [5, 5.41) is 3.04. The number of hydrogen-bond acceptors (Lipinski definition) is 8. The van der Waals surface area contributed by atoms with E-state index in [0.29, 0.717) is 22.1 Å². The highest BCUT2D eigenvalue weighted by molar-refractivity contribution is 7.91. The minimum Gasteiger partial charge on any atom is -0.497 e. The normalized spacial score (nSPS) is 11.0. The second kappa shape index (κ2) is 11.4. The minimum absolute atomic E-state index is 0.00503. The largest absolute Gasteiger partial charge is 0.497 e. The van der Waals surface area contributed by atoms with E-state index in [1.165, 1.54) is 62.8 Å². The van der Waals surface area contributed by atoms with Crippen molar-refractivity contribution in [2.24, 2.45) is 0 Å². The maximum Gasteiger partial charge on any atom is 0.337 e. The van der Waals surface area contributed by atoms with Crippen LogP contribution in [0.25, 0.3) is 0 Å². The SMILES string of the molecule is COC(=O)c1ccc(OCc2ccc(C(=O)Nc3cc(OC)cc(S(=O)(=O)c4ccc(Cl)cc4)c3)o2)cc1. The molecule has 0 unspecified atom stereocenters. The third-order valence-corrected chi connectivity index (χ3v) is 7.35. The molecule has 9 nitrogen and oxygen atoms in total. The van der Waals surface area contributed by atoms with Crippen LogP contribution in [0.15, 0.2) is 93.1 Å². The van der Waals surface area contributed by atoms with E-state index in [-0.39, 0.29) is 33.6 Å².